The average Bonchev–Trinajstić information content (AvgIpc) is 2.62. The fraction of sp³-hybridized carbons (Fsp3) is 0.450. The molecule has 0 radical (unpaired) electrons. The van der Waals surface area contributed by atoms with Crippen molar-refractivity contribution in [2.75, 3.05) is 13.7 Å². The van der Waals surface area contributed by atoms with Crippen molar-refractivity contribution >= 4 is 5.91 Å². The third-order valence-corrected chi connectivity index (χ3v) is 4.91. The average molecular weight is 357 g/mol. The number of methoxy groups -OCH3 is 1. The molecule has 1 heterocycles. The minimum atomic E-state index is -0.316. The molecule has 3 rings (SSSR count). The smallest absolute Gasteiger partial charge is 0.246 e. The molecule has 5 nitrogen and oxygen atoms in total. The molecule has 0 saturated carbocycles. The Balaban J connectivity index is 2.00. The minimum Gasteiger partial charge on any atom is -0.375 e. The van der Waals surface area contributed by atoms with Crippen molar-refractivity contribution in [3.05, 3.63) is 47.4 Å². The van der Waals surface area contributed by atoms with Crippen molar-refractivity contribution in [3.63, 3.8) is 0 Å². The number of carbonyl (C=O) groups is 1. The van der Waals surface area contributed by atoms with Gasteiger partial charge in [0.25, 0.3) is 0 Å². The van der Waals surface area contributed by atoms with E-state index in [0.29, 0.717) is 23.1 Å². The van der Waals surface area contributed by atoms with Crippen LogP contribution in [0.1, 0.15) is 49.9 Å². The topological polar surface area (TPSA) is 64.1 Å². The van der Waals surface area contributed by atoms with E-state index in [4.69, 9.17) is 4.74 Å². The second-order valence-electron chi connectivity index (χ2n) is 7.03. The highest BCUT2D eigenvalue weighted by Crippen LogP contribution is 2.41. The number of fused-ring (bicyclic) bond motifs is 1. The Morgan fingerprint density at radius 3 is 2.77 bits per heavy atom. The second-order valence-corrected chi connectivity index (χ2v) is 7.03. The molecule has 1 aromatic carbocycles. The summed E-state index contributed by atoms with van der Waals surface area (Å²) in [5.41, 5.74) is 2.79. The number of ether oxygens (including phenoxy) is 1. The first-order valence-corrected chi connectivity index (χ1v) is 8.92. The zero-order valence-corrected chi connectivity index (χ0v) is 15.3. The van der Waals surface area contributed by atoms with Crippen molar-refractivity contribution in [3.8, 4) is 11.3 Å². The zero-order chi connectivity index (χ0) is 18.7. The van der Waals surface area contributed by atoms with E-state index < -0.39 is 0 Å². The number of nitrogens with zero attached hydrogens (tertiary/aromatic N) is 2. The lowest BCUT2D eigenvalue weighted by Crippen LogP contribution is -2.35. The van der Waals surface area contributed by atoms with Crippen molar-refractivity contribution in [1.82, 2.24) is 15.5 Å². The van der Waals surface area contributed by atoms with E-state index >= 15 is 0 Å². The highest BCUT2D eigenvalue weighted by atomic mass is 19.1. The van der Waals surface area contributed by atoms with Gasteiger partial charge in [0.2, 0.25) is 5.91 Å². The molecule has 6 heteroatoms. The lowest BCUT2D eigenvalue weighted by molar-refractivity contribution is -0.125. The number of nitrogens with one attached hydrogen (secondary N) is 1. The molecular weight excluding hydrogens is 333 g/mol. The fourth-order valence-electron chi connectivity index (χ4n) is 3.62. The molecule has 0 saturated heterocycles. The molecule has 0 spiro atoms. The molecule has 1 aromatic heterocycles. The summed E-state index contributed by atoms with van der Waals surface area (Å²) >= 11 is 0. The highest BCUT2D eigenvalue weighted by Gasteiger charge is 2.32. The summed E-state index contributed by atoms with van der Waals surface area (Å²) < 4.78 is 19.1. The first-order valence-electron chi connectivity index (χ1n) is 8.92. The third-order valence-electron chi connectivity index (χ3n) is 4.91. The number of aromatic nitrogens is 2. The maximum absolute atomic E-state index is 14.2. The van der Waals surface area contributed by atoms with Crippen LogP contribution in [-0.4, -0.2) is 29.8 Å². The van der Waals surface area contributed by atoms with E-state index in [1.165, 1.54) is 13.2 Å². The van der Waals surface area contributed by atoms with Gasteiger partial charge in [-0.2, -0.15) is 10.2 Å². The number of benzene rings is 1. The SMILES string of the molecule is COCC(=O)NC1CCC(C(C)C)c2cc(-c3ccccc3F)nnc21. The van der Waals surface area contributed by atoms with Gasteiger partial charge in [-0.1, -0.05) is 26.0 Å². The summed E-state index contributed by atoms with van der Waals surface area (Å²) in [7, 11) is 1.49. The van der Waals surface area contributed by atoms with Crippen molar-refractivity contribution in [2.24, 2.45) is 5.92 Å². The third kappa shape index (κ3) is 3.75. The monoisotopic (exact) mass is 357 g/mol. The summed E-state index contributed by atoms with van der Waals surface area (Å²) in [5, 5.41) is 11.6. The Morgan fingerprint density at radius 2 is 2.08 bits per heavy atom. The van der Waals surface area contributed by atoms with Crippen LogP contribution < -0.4 is 5.32 Å². The van der Waals surface area contributed by atoms with Gasteiger partial charge in [-0.25, -0.2) is 4.39 Å². The van der Waals surface area contributed by atoms with Gasteiger partial charge < -0.3 is 10.1 Å². The van der Waals surface area contributed by atoms with Crippen LogP contribution in [0.2, 0.25) is 0 Å². The molecule has 0 aliphatic heterocycles. The molecular formula is C20H24FN3O2. The van der Waals surface area contributed by atoms with Crippen LogP contribution in [-0.2, 0) is 9.53 Å². The minimum absolute atomic E-state index is 0.0141. The first kappa shape index (κ1) is 18.5. The molecule has 138 valence electrons. The Labute approximate surface area is 153 Å². The molecule has 1 N–H and O–H groups in total. The van der Waals surface area contributed by atoms with Gasteiger partial charge in [0.15, 0.2) is 0 Å². The van der Waals surface area contributed by atoms with Crippen molar-refractivity contribution in [2.45, 2.75) is 38.6 Å². The van der Waals surface area contributed by atoms with Crippen LogP contribution in [0.15, 0.2) is 30.3 Å². The largest absolute Gasteiger partial charge is 0.375 e. The molecule has 2 aromatic rings. The molecule has 26 heavy (non-hydrogen) atoms. The molecule has 1 aliphatic rings. The number of rotatable bonds is 5. The van der Waals surface area contributed by atoms with Crippen LogP contribution in [0, 0.1) is 11.7 Å². The van der Waals surface area contributed by atoms with Crippen LogP contribution in [0.25, 0.3) is 11.3 Å². The standard InChI is InChI=1S/C20H24FN3O2/c1-12(2)13-8-9-17(22-19(25)11-26-3)20-15(13)10-18(23-24-20)14-6-4-5-7-16(14)21/h4-7,10,12-13,17H,8-9,11H2,1-3H3,(H,22,25). The van der Waals surface area contributed by atoms with Gasteiger partial charge in [-0.05, 0) is 48.4 Å². The molecule has 1 amide bonds. The van der Waals surface area contributed by atoms with E-state index in [-0.39, 0.29) is 24.4 Å². The van der Waals surface area contributed by atoms with E-state index in [9.17, 15) is 9.18 Å². The Morgan fingerprint density at radius 1 is 1.31 bits per heavy atom. The Hall–Kier alpha value is -2.34. The molecule has 0 bridgehead atoms. The second kappa shape index (κ2) is 7.91. The number of hydrogen-bond acceptors (Lipinski definition) is 4. The van der Waals surface area contributed by atoms with Gasteiger partial charge >= 0.3 is 0 Å². The van der Waals surface area contributed by atoms with Crippen LogP contribution in [0.5, 0.6) is 0 Å². The van der Waals surface area contributed by atoms with Gasteiger partial charge in [-0.3, -0.25) is 4.79 Å². The van der Waals surface area contributed by atoms with Gasteiger partial charge in [0.05, 0.1) is 17.4 Å². The molecule has 2 atom stereocenters. The number of hydrogen-bond donors (Lipinski definition) is 1. The fourth-order valence-corrected chi connectivity index (χ4v) is 3.62. The van der Waals surface area contributed by atoms with Crippen LogP contribution in [0.3, 0.4) is 0 Å². The van der Waals surface area contributed by atoms with Gasteiger partial charge in [-0.15, -0.1) is 0 Å². The Bertz CT molecular complexity index is 794. The van der Waals surface area contributed by atoms with Crippen molar-refractivity contribution in [1.29, 1.82) is 0 Å². The van der Waals surface area contributed by atoms with Crippen LogP contribution in [0.4, 0.5) is 4.39 Å². The summed E-state index contributed by atoms with van der Waals surface area (Å²) in [6, 6.07) is 8.31. The molecule has 1 aliphatic carbocycles. The van der Waals surface area contributed by atoms with Gasteiger partial charge in [0.1, 0.15) is 12.4 Å². The first-order chi connectivity index (χ1) is 12.5. The lowest BCUT2D eigenvalue weighted by Gasteiger charge is -2.33. The number of amides is 1. The molecule has 0 fully saturated rings. The normalized spacial score (nSPS) is 19.3. The Kier molecular flexibility index (Phi) is 5.61. The predicted octanol–water partition coefficient (Wildman–Crippen LogP) is 3.62. The predicted molar refractivity (Wildman–Crippen MR) is 97.0 cm³/mol. The van der Waals surface area contributed by atoms with E-state index in [0.717, 1.165) is 24.1 Å². The molecule has 2 unspecified atom stereocenters. The lowest BCUT2D eigenvalue weighted by atomic mass is 9.77. The zero-order valence-electron chi connectivity index (χ0n) is 15.3. The van der Waals surface area contributed by atoms with Crippen molar-refractivity contribution < 1.29 is 13.9 Å². The summed E-state index contributed by atoms with van der Waals surface area (Å²) in [6.07, 6.45) is 1.74. The van der Waals surface area contributed by atoms with E-state index in [2.05, 4.69) is 29.4 Å². The maximum atomic E-state index is 14.2. The summed E-state index contributed by atoms with van der Waals surface area (Å²) in [4.78, 5) is 11.9. The number of carbonyl (C=O) groups excluding carboxylic acids is 1. The van der Waals surface area contributed by atoms with Gasteiger partial charge in [0, 0.05) is 12.7 Å². The summed E-state index contributed by atoms with van der Waals surface area (Å²) in [5.74, 6) is 0.235. The summed E-state index contributed by atoms with van der Waals surface area (Å²) in [6.45, 7) is 4.35. The quantitative estimate of drug-likeness (QED) is 0.888. The highest BCUT2D eigenvalue weighted by molar-refractivity contribution is 5.77. The van der Waals surface area contributed by atoms with Crippen LogP contribution >= 0.6 is 0 Å². The van der Waals surface area contributed by atoms with E-state index in [1.807, 2.05) is 6.07 Å². The maximum Gasteiger partial charge on any atom is 0.246 e. The van der Waals surface area contributed by atoms with E-state index in [1.54, 1.807) is 18.2 Å². The number of halogens is 1.